The van der Waals surface area contributed by atoms with Crippen LogP contribution in [0.2, 0.25) is 0 Å². The SMILES string of the molecule is CC1=CCC(c2ccc3ccccc3c2C(C)(C)O)=C1. The fraction of sp³-hybridized carbons (Fsp3) is 0.263. The average Bonchev–Trinajstić information content (AvgIpc) is 2.83. The normalized spacial score (nSPS) is 15.4. The van der Waals surface area contributed by atoms with Crippen LogP contribution in [0.5, 0.6) is 0 Å². The molecule has 0 atom stereocenters. The van der Waals surface area contributed by atoms with Gasteiger partial charge >= 0.3 is 0 Å². The van der Waals surface area contributed by atoms with Gasteiger partial charge < -0.3 is 5.11 Å². The zero-order chi connectivity index (χ0) is 14.3. The third-order valence-corrected chi connectivity index (χ3v) is 3.93. The quantitative estimate of drug-likeness (QED) is 0.826. The van der Waals surface area contributed by atoms with E-state index in [2.05, 4.69) is 43.3 Å². The second kappa shape index (κ2) is 4.60. The van der Waals surface area contributed by atoms with Crippen LogP contribution in [0.3, 0.4) is 0 Å². The molecule has 1 aliphatic rings. The molecule has 20 heavy (non-hydrogen) atoms. The van der Waals surface area contributed by atoms with Crippen LogP contribution in [-0.4, -0.2) is 5.11 Å². The lowest BCUT2D eigenvalue weighted by Crippen LogP contribution is -2.18. The van der Waals surface area contributed by atoms with Crippen molar-refractivity contribution in [2.24, 2.45) is 0 Å². The maximum absolute atomic E-state index is 10.6. The van der Waals surface area contributed by atoms with E-state index in [0.29, 0.717) is 0 Å². The zero-order valence-corrected chi connectivity index (χ0v) is 12.3. The predicted octanol–water partition coefficient (Wildman–Crippen LogP) is 4.80. The van der Waals surface area contributed by atoms with E-state index in [1.165, 1.54) is 22.1 Å². The summed E-state index contributed by atoms with van der Waals surface area (Å²) in [6.45, 7) is 5.86. The Labute approximate surface area is 120 Å². The van der Waals surface area contributed by atoms with E-state index in [1.807, 2.05) is 26.0 Å². The maximum Gasteiger partial charge on any atom is 0.0852 e. The fourth-order valence-corrected chi connectivity index (χ4v) is 3.05. The van der Waals surface area contributed by atoms with E-state index < -0.39 is 5.60 Å². The van der Waals surface area contributed by atoms with Crippen molar-refractivity contribution in [3.8, 4) is 0 Å². The molecule has 0 radical (unpaired) electrons. The standard InChI is InChI=1S/C19H20O/c1-13-8-9-15(12-13)17-11-10-14-6-4-5-7-16(14)18(17)19(2,3)20/h4-8,10-12,20H,9H2,1-3H3. The highest BCUT2D eigenvalue weighted by molar-refractivity contribution is 5.92. The molecule has 0 unspecified atom stereocenters. The van der Waals surface area contributed by atoms with Gasteiger partial charge in [-0.2, -0.15) is 0 Å². The van der Waals surface area contributed by atoms with E-state index in [0.717, 1.165) is 17.4 Å². The number of benzene rings is 2. The van der Waals surface area contributed by atoms with Gasteiger partial charge in [0.15, 0.2) is 0 Å². The summed E-state index contributed by atoms with van der Waals surface area (Å²) in [6.07, 6.45) is 5.41. The number of aliphatic hydroxyl groups is 1. The number of hydrogen-bond acceptors (Lipinski definition) is 1. The van der Waals surface area contributed by atoms with Gasteiger partial charge in [-0.3, -0.25) is 0 Å². The minimum absolute atomic E-state index is 0.854. The van der Waals surface area contributed by atoms with E-state index >= 15 is 0 Å². The number of hydrogen-bond donors (Lipinski definition) is 1. The lowest BCUT2D eigenvalue weighted by Gasteiger charge is -2.24. The molecule has 0 amide bonds. The van der Waals surface area contributed by atoms with Crippen molar-refractivity contribution >= 4 is 16.3 Å². The largest absolute Gasteiger partial charge is 0.386 e. The topological polar surface area (TPSA) is 20.2 Å². The Hall–Kier alpha value is -1.86. The molecule has 102 valence electrons. The maximum atomic E-state index is 10.6. The molecule has 1 nitrogen and oxygen atoms in total. The average molecular weight is 264 g/mol. The summed E-state index contributed by atoms with van der Waals surface area (Å²) in [6, 6.07) is 12.6. The van der Waals surface area contributed by atoms with Crippen molar-refractivity contribution in [2.75, 3.05) is 0 Å². The third kappa shape index (κ3) is 2.19. The van der Waals surface area contributed by atoms with Crippen LogP contribution in [-0.2, 0) is 5.60 Å². The molecule has 2 aromatic carbocycles. The summed E-state index contributed by atoms with van der Waals surface area (Å²) in [7, 11) is 0. The first-order chi connectivity index (χ1) is 9.47. The Bertz CT molecular complexity index is 727. The zero-order valence-electron chi connectivity index (χ0n) is 12.3. The lowest BCUT2D eigenvalue weighted by molar-refractivity contribution is 0.0799. The van der Waals surface area contributed by atoms with Crippen molar-refractivity contribution in [2.45, 2.75) is 32.8 Å². The fourth-order valence-electron chi connectivity index (χ4n) is 3.05. The molecule has 3 rings (SSSR count). The van der Waals surface area contributed by atoms with Gasteiger partial charge in [0, 0.05) is 0 Å². The van der Waals surface area contributed by atoms with Gasteiger partial charge in [-0.25, -0.2) is 0 Å². The van der Waals surface area contributed by atoms with Gasteiger partial charge in [0.2, 0.25) is 0 Å². The summed E-state index contributed by atoms with van der Waals surface area (Å²) >= 11 is 0. The molecule has 1 N–H and O–H groups in total. The molecular weight excluding hydrogens is 244 g/mol. The van der Waals surface area contributed by atoms with Gasteiger partial charge in [0.05, 0.1) is 5.60 Å². The summed E-state index contributed by atoms with van der Waals surface area (Å²) in [5, 5.41) is 13.0. The van der Waals surface area contributed by atoms with Crippen molar-refractivity contribution in [1.82, 2.24) is 0 Å². The lowest BCUT2D eigenvalue weighted by atomic mass is 9.85. The highest BCUT2D eigenvalue weighted by Gasteiger charge is 2.24. The first kappa shape index (κ1) is 13.1. The number of allylic oxidation sites excluding steroid dienone is 4. The Kier molecular flexibility index (Phi) is 3.02. The third-order valence-electron chi connectivity index (χ3n) is 3.93. The van der Waals surface area contributed by atoms with Gasteiger partial charge in [0.1, 0.15) is 0 Å². The Morgan fingerprint density at radius 3 is 2.45 bits per heavy atom. The van der Waals surface area contributed by atoms with Crippen molar-refractivity contribution < 1.29 is 5.11 Å². The van der Waals surface area contributed by atoms with Crippen molar-refractivity contribution in [1.29, 1.82) is 0 Å². The van der Waals surface area contributed by atoms with Crippen LogP contribution in [0, 0.1) is 0 Å². The smallest absolute Gasteiger partial charge is 0.0852 e. The number of rotatable bonds is 2. The second-order valence-electron chi connectivity index (χ2n) is 6.09. The summed E-state index contributed by atoms with van der Waals surface area (Å²) in [5.74, 6) is 0. The van der Waals surface area contributed by atoms with Crippen LogP contribution in [0.1, 0.15) is 38.3 Å². The molecule has 0 bridgehead atoms. The molecule has 0 saturated heterocycles. The van der Waals surface area contributed by atoms with E-state index in [1.54, 1.807) is 0 Å². The monoisotopic (exact) mass is 264 g/mol. The van der Waals surface area contributed by atoms with Gasteiger partial charge in [-0.05, 0) is 54.7 Å². The molecule has 1 heteroatoms. The molecule has 0 aromatic heterocycles. The van der Waals surface area contributed by atoms with Gasteiger partial charge in [0.25, 0.3) is 0 Å². The highest BCUT2D eigenvalue weighted by atomic mass is 16.3. The summed E-state index contributed by atoms with van der Waals surface area (Å²) in [5.41, 5.74) is 3.95. The van der Waals surface area contributed by atoms with Crippen LogP contribution in [0.4, 0.5) is 0 Å². The second-order valence-corrected chi connectivity index (χ2v) is 6.09. The van der Waals surface area contributed by atoms with E-state index in [-0.39, 0.29) is 0 Å². The Morgan fingerprint density at radius 2 is 1.80 bits per heavy atom. The van der Waals surface area contributed by atoms with Crippen LogP contribution < -0.4 is 0 Å². The molecule has 0 spiro atoms. The van der Waals surface area contributed by atoms with E-state index in [4.69, 9.17) is 0 Å². The molecule has 0 fully saturated rings. The minimum Gasteiger partial charge on any atom is -0.386 e. The van der Waals surface area contributed by atoms with Crippen LogP contribution >= 0.6 is 0 Å². The molecule has 0 aliphatic heterocycles. The van der Waals surface area contributed by atoms with Crippen molar-refractivity contribution in [3.63, 3.8) is 0 Å². The summed E-state index contributed by atoms with van der Waals surface area (Å²) < 4.78 is 0. The van der Waals surface area contributed by atoms with Crippen LogP contribution in [0.25, 0.3) is 16.3 Å². The van der Waals surface area contributed by atoms with Crippen molar-refractivity contribution in [3.05, 3.63) is 65.3 Å². The highest BCUT2D eigenvalue weighted by Crippen LogP contribution is 2.38. The molecule has 0 heterocycles. The van der Waals surface area contributed by atoms with Gasteiger partial charge in [-0.1, -0.05) is 54.1 Å². The first-order valence-corrected chi connectivity index (χ1v) is 7.09. The summed E-state index contributed by atoms with van der Waals surface area (Å²) in [4.78, 5) is 0. The minimum atomic E-state index is -0.854. The molecule has 1 aliphatic carbocycles. The van der Waals surface area contributed by atoms with E-state index in [9.17, 15) is 5.11 Å². The predicted molar refractivity (Wildman–Crippen MR) is 85.5 cm³/mol. The van der Waals surface area contributed by atoms with Gasteiger partial charge in [-0.15, -0.1) is 0 Å². The van der Waals surface area contributed by atoms with Crippen LogP contribution in [0.15, 0.2) is 54.1 Å². The Balaban J connectivity index is 2.30. The molecule has 2 aromatic rings. The number of fused-ring (bicyclic) bond motifs is 1. The molecule has 0 saturated carbocycles. The molecular formula is C19H20O. The first-order valence-electron chi connectivity index (χ1n) is 7.09. The Morgan fingerprint density at radius 1 is 1.05 bits per heavy atom.